The van der Waals surface area contributed by atoms with E-state index >= 15 is 0 Å². The Morgan fingerprint density at radius 2 is 1.79 bits per heavy atom. The van der Waals surface area contributed by atoms with Gasteiger partial charge in [0.15, 0.2) is 0 Å². The highest BCUT2D eigenvalue weighted by Gasteiger charge is 2.39. The van der Waals surface area contributed by atoms with E-state index in [0.717, 1.165) is 18.7 Å². The third-order valence-electron chi connectivity index (χ3n) is 5.97. The van der Waals surface area contributed by atoms with Crippen molar-refractivity contribution in [2.75, 3.05) is 64.1 Å². The van der Waals surface area contributed by atoms with Gasteiger partial charge in [0.05, 0.1) is 19.4 Å². The molecule has 29 heavy (non-hydrogen) atoms. The molecule has 0 spiro atoms. The van der Waals surface area contributed by atoms with Crippen molar-refractivity contribution < 1.29 is 17.9 Å². The van der Waals surface area contributed by atoms with Gasteiger partial charge in [0.1, 0.15) is 5.82 Å². The second kappa shape index (κ2) is 8.15. The van der Waals surface area contributed by atoms with E-state index in [4.69, 9.17) is 4.74 Å². The van der Waals surface area contributed by atoms with Crippen molar-refractivity contribution in [3.8, 4) is 5.88 Å². The number of methoxy groups -OCH3 is 1. The molecular weight excluding hydrogens is 396 g/mol. The molecule has 10 nitrogen and oxygen atoms in total. The lowest BCUT2D eigenvalue weighted by molar-refractivity contribution is -0.122. The van der Waals surface area contributed by atoms with E-state index < -0.39 is 10.0 Å². The van der Waals surface area contributed by atoms with E-state index in [1.54, 1.807) is 12.0 Å². The molecule has 3 fully saturated rings. The molecule has 4 heterocycles. The van der Waals surface area contributed by atoms with Crippen LogP contribution < -0.4 is 20.5 Å². The van der Waals surface area contributed by atoms with E-state index in [1.165, 1.54) is 10.6 Å². The number of anilines is 1. The Bertz CT molecular complexity index is 865. The van der Waals surface area contributed by atoms with Crippen LogP contribution in [0.25, 0.3) is 0 Å². The lowest BCUT2D eigenvalue weighted by Crippen LogP contribution is -2.53. The molecule has 1 atom stereocenters. The molecule has 3 saturated heterocycles. The fourth-order valence-corrected chi connectivity index (χ4v) is 5.15. The SMILES string of the molecule is COc1nc(N2CCC(N3CCN(S(C)(=O)=O)CC3)C2=O)ccc1C1CNNC1. The van der Waals surface area contributed by atoms with Crippen LogP contribution in [0.5, 0.6) is 5.88 Å². The number of carbonyl (C=O) groups excluding carboxylic acids is 1. The predicted molar refractivity (Wildman–Crippen MR) is 108 cm³/mol. The summed E-state index contributed by atoms with van der Waals surface area (Å²) in [5.74, 6) is 1.45. The molecule has 4 rings (SSSR count). The number of pyridine rings is 1. The van der Waals surface area contributed by atoms with Crippen LogP contribution in [0.3, 0.4) is 0 Å². The number of ether oxygens (including phenoxy) is 1. The number of hydrogen-bond donors (Lipinski definition) is 2. The number of nitrogens with one attached hydrogen (secondary N) is 2. The van der Waals surface area contributed by atoms with Crippen molar-refractivity contribution in [3.05, 3.63) is 17.7 Å². The molecule has 2 N–H and O–H groups in total. The molecule has 11 heteroatoms. The summed E-state index contributed by atoms with van der Waals surface area (Å²) < 4.78 is 30.4. The Morgan fingerprint density at radius 3 is 2.41 bits per heavy atom. The van der Waals surface area contributed by atoms with Crippen molar-refractivity contribution in [2.24, 2.45) is 0 Å². The van der Waals surface area contributed by atoms with Crippen LogP contribution in [-0.4, -0.2) is 93.7 Å². The van der Waals surface area contributed by atoms with Gasteiger partial charge in [0, 0.05) is 57.3 Å². The second-order valence-corrected chi connectivity index (χ2v) is 9.70. The van der Waals surface area contributed by atoms with E-state index in [9.17, 15) is 13.2 Å². The van der Waals surface area contributed by atoms with E-state index in [2.05, 4.69) is 20.7 Å². The standard InChI is InChI=1S/C18H28N6O4S/c1-28-17-14(13-11-19-20-12-13)3-4-16(21-17)24-6-5-15(18(24)25)22-7-9-23(10-8-22)29(2,26)27/h3-4,13,15,19-20H,5-12H2,1-2H3. The topological polar surface area (TPSA) is 107 Å². The molecule has 3 aliphatic rings. The molecule has 0 bridgehead atoms. The molecule has 1 aromatic rings. The molecule has 160 valence electrons. The fourth-order valence-electron chi connectivity index (χ4n) is 4.33. The van der Waals surface area contributed by atoms with Crippen LogP contribution in [0.4, 0.5) is 5.82 Å². The van der Waals surface area contributed by atoms with Gasteiger partial charge in [0.25, 0.3) is 0 Å². The van der Waals surface area contributed by atoms with Crippen molar-refractivity contribution in [1.82, 2.24) is 25.0 Å². The van der Waals surface area contributed by atoms with Crippen LogP contribution in [0.2, 0.25) is 0 Å². The minimum atomic E-state index is -3.18. The van der Waals surface area contributed by atoms with Gasteiger partial charge in [-0.3, -0.25) is 25.4 Å². The third-order valence-corrected chi connectivity index (χ3v) is 7.27. The highest BCUT2D eigenvalue weighted by Crippen LogP contribution is 2.31. The number of sulfonamides is 1. The number of carbonyl (C=O) groups is 1. The van der Waals surface area contributed by atoms with Gasteiger partial charge >= 0.3 is 0 Å². The lowest BCUT2D eigenvalue weighted by atomic mass is 10.0. The molecular formula is C18H28N6O4S. The number of amides is 1. The Morgan fingerprint density at radius 1 is 1.10 bits per heavy atom. The van der Waals surface area contributed by atoms with Gasteiger partial charge < -0.3 is 4.74 Å². The Kier molecular flexibility index (Phi) is 5.76. The van der Waals surface area contributed by atoms with Gasteiger partial charge in [-0.1, -0.05) is 0 Å². The second-order valence-electron chi connectivity index (χ2n) is 7.72. The zero-order valence-electron chi connectivity index (χ0n) is 16.8. The molecule has 0 saturated carbocycles. The molecule has 0 radical (unpaired) electrons. The smallest absolute Gasteiger partial charge is 0.245 e. The Hall–Kier alpha value is -1.79. The molecule has 3 aliphatic heterocycles. The first-order valence-electron chi connectivity index (χ1n) is 9.89. The minimum Gasteiger partial charge on any atom is -0.481 e. The molecule has 0 aromatic carbocycles. The van der Waals surface area contributed by atoms with Gasteiger partial charge in [-0.25, -0.2) is 8.42 Å². The largest absolute Gasteiger partial charge is 0.481 e. The number of piperazine rings is 1. The summed E-state index contributed by atoms with van der Waals surface area (Å²) in [6, 6.07) is 3.65. The average Bonchev–Trinajstić information content (AvgIpc) is 3.37. The molecule has 1 amide bonds. The van der Waals surface area contributed by atoms with Gasteiger partial charge in [0.2, 0.25) is 21.8 Å². The summed E-state index contributed by atoms with van der Waals surface area (Å²) in [5.41, 5.74) is 7.24. The maximum absolute atomic E-state index is 13.1. The summed E-state index contributed by atoms with van der Waals surface area (Å²) in [4.78, 5) is 21.5. The first-order chi connectivity index (χ1) is 13.9. The summed E-state index contributed by atoms with van der Waals surface area (Å²) >= 11 is 0. The van der Waals surface area contributed by atoms with Crippen LogP contribution in [0, 0.1) is 0 Å². The van der Waals surface area contributed by atoms with E-state index in [-0.39, 0.29) is 17.9 Å². The van der Waals surface area contributed by atoms with Gasteiger partial charge in [-0.15, -0.1) is 0 Å². The summed E-state index contributed by atoms with van der Waals surface area (Å²) in [7, 11) is -1.58. The van der Waals surface area contributed by atoms with Crippen molar-refractivity contribution in [1.29, 1.82) is 0 Å². The van der Waals surface area contributed by atoms with Crippen LogP contribution in [0.1, 0.15) is 17.9 Å². The number of hydrogen-bond acceptors (Lipinski definition) is 8. The van der Waals surface area contributed by atoms with E-state index in [0.29, 0.717) is 50.8 Å². The Labute approximate surface area is 171 Å². The average molecular weight is 425 g/mol. The highest BCUT2D eigenvalue weighted by molar-refractivity contribution is 7.88. The van der Waals surface area contributed by atoms with Gasteiger partial charge in [-0.2, -0.15) is 9.29 Å². The minimum absolute atomic E-state index is 0.0179. The molecule has 0 aliphatic carbocycles. The van der Waals surface area contributed by atoms with E-state index in [1.807, 2.05) is 12.1 Å². The highest BCUT2D eigenvalue weighted by atomic mass is 32.2. The van der Waals surface area contributed by atoms with Crippen LogP contribution in [-0.2, 0) is 14.8 Å². The first kappa shape index (κ1) is 20.5. The van der Waals surface area contributed by atoms with Crippen molar-refractivity contribution in [3.63, 3.8) is 0 Å². The van der Waals surface area contributed by atoms with Crippen molar-refractivity contribution in [2.45, 2.75) is 18.4 Å². The number of hydrazine groups is 1. The predicted octanol–water partition coefficient (Wildman–Crippen LogP) is -1.04. The van der Waals surface area contributed by atoms with Crippen LogP contribution >= 0.6 is 0 Å². The maximum atomic E-state index is 13.1. The third kappa shape index (κ3) is 4.10. The number of nitrogens with zero attached hydrogens (tertiary/aromatic N) is 4. The summed E-state index contributed by atoms with van der Waals surface area (Å²) in [6.07, 6.45) is 1.94. The fraction of sp³-hybridized carbons (Fsp3) is 0.667. The normalized spacial score (nSPS) is 25.1. The Balaban J connectivity index is 1.45. The summed E-state index contributed by atoms with van der Waals surface area (Å²) in [6.45, 7) is 4.18. The van der Waals surface area contributed by atoms with Crippen molar-refractivity contribution >= 4 is 21.7 Å². The zero-order valence-corrected chi connectivity index (χ0v) is 17.6. The number of rotatable bonds is 5. The monoisotopic (exact) mass is 424 g/mol. The summed E-state index contributed by atoms with van der Waals surface area (Å²) in [5, 5.41) is 0. The quantitative estimate of drug-likeness (QED) is 0.618. The molecule has 1 unspecified atom stereocenters. The zero-order chi connectivity index (χ0) is 20.6. The maximum Gasteiger partial charge on any atom is 0.245 e. The van der Waals surface area contributed by atoms with Crippen LogP contribution in [0.15, 0.2) is 12.1 Å². The number of aromatic nitrogens is 1. The van der Waals surface area contributed by atoms with Gasteiger partial charge in [-0.05, 0) is 18.6 Å². The lowest BCUT2D eigenvalue weighted by Gasteiger charge is -2.36. The first-order valence-corrected chi connectivity index (χ1v) is 11.7. The molecule has 1 aromatic heterocycles.